The number of amides is 1. The average Bonchev–Trinajstić information content (AvgIpc) is 2.66. The zero-order valence-electron chi connectivity index (χ0n) is 17.9. The molecule has 1 atom stereocenters. The lowest BCUT2D eigenvalue weighted by Gasteiger charge is -2.37. The number of thioether (sulfide) groups is 1. The van der Waals surface area contributed by atoms with Crippen molar-refractivity contribution >= 4 is 33.4 Å². The van der Waals surface area contributed by atoms with Crippen LogP contribution < -0.4 is 14.8 Å². The lowest BCUT2D eigenvalue weighted by atomic mass is 9.90. The van der Waals surface area contributed by atoms with Gasteiger partial charge in [-0.2, -0.15) is 0 Å². The molecule has 3 rings (SSSR count). The van der Waals surface area contributed by atoms with Gasteiger partial charge in [0.1, 0.15) is 11.4 Å². The molecule has 1 aliphatic rings. The summed E-state index contributed by atoms with van der Waals surface area (Å²) < 4.78 is 35.3. The number of nitrogens with one attached hydrogen (secondary N) is 2. The quantitative estimate of drug-likeness (QED) is 0.632. The van der Waals surface area contributed by atoms with Crippen LogP contribution in [0.25, 0.3) is 0 Å². The van der Waals surface area contributed by atoms with Gasteiger partial charge in [0.2, 0.25) is 15.9 Å². The van der Waals surface area contributed by atoms with Crippen LogP contribution in [0.15, 0.2) is 52.3 Å². The van der Waals surface area contributed by atoms with Crippen molar-refractivity contribution in [3.8, 4) is 5.75 Å². The molecule has 2 aromatic carbocycles. The minimum Gasteiger partial charge on any atom is -0.487 e. The van der Waals surface area contributed by atoms with E-state index in [9.17, 15) is 13.2 Å². The van der Waals surface area contributed by atoms with Crippen molar-refractivity contribution in [2.45, 2.75) is 55.5 Å². The molecule has 1 heterocycles. The Hall–Kier alpha value is -2.03. The van der Waals surface area contributed by atoms with Crippen molar-refractivity contribution in [3.63, 3.8) is 0 Å². The lowest BCUT2D eigenvalue weighted by Crippen LogP contribution is -2.41. The summed E-state index contributed by atoms with van der Waals surface area (Å²) in [5.41, 5.74) is 0.812. The first-order valence-electron chi connectivity index (χ1n) is 9.81. The van der Waals surface area contributed by atoms with Gasteiger partial charge < -0.3 is 10.1 Å². The predicted octanol–water partition coefficient (Wildman–Crippen LogP) is 4.58. The van der Waals surface area contributed by atoms with E-state index in [0.29, 0.717) is 17.9 Å². The van der Waals surface area contributed by atoms with Crippen LogP contribution in [0.3, 0.4) is 0 Å². The number of para-hydroxylation sites is 1. The van der Waals surface area contributed by atoms with Crippen LogP contribution in [0.5, 0.6) is 5.75 Å². The summed E-state index contributed by atoms with van der Waals surface area (Å²) >= 11 is 1.45. The Bertz CT molecular complexity index is 1050. The van der Waals surface area contributed by atoms with E-state index in [1.165, 1.54) is 17.8 Å². The Morgan fingerprint density at radius 2 is 1.90 bits per heavy atom. The number of benzene rings is 2. The summed E-state index contributed by atoms with van der Waals surface area (Å²) in [5, 5.41) is 2.83. The van der Waals surface area contributed by atoms with Crippen molar-refractivity contribution in [2.24, 2.45) is 5.92 Å². The number of hydrogen-bond donors (Lipinski definition) is 2. The van der Waals surface area contributed by atoms with E-state index in [1.54, 1.807) is 26.0 Å². The summed E-state index contributed by atoms with van der Waals surface area (Å²) in [6.45, 7) is 7.47. The smallest absolute Gasteiger partial charge is 0.241 e. The highest BCUT2D eigenvalue weighted by molar-refractivity contribution is 7.98. The summed E-state index contributed by atoms with van der Waals surface area (Å²) in [4.78, 5) is 13.1. The van der Waals surface area contributed by atoms with Gasteiger partial charge in [-0.25, -0.2) is 13.1 Å². The fourth-order valence-corrected chi connectivity index (χ4v) is 5.17. The third kappa shape index (κ3) is 4.99. The number of fused-ring (bicyclic) bond motifs is 1. The van der Waals surface area contributed by atoms with Crippen LogP contribution in [-0.2, 0) is 14.8 Å². The van der Waals surface area contributed by atoms with E-state index in [1.807, 2.05) is 44.4 Å². The highest BCUT2D eigenvalue weighted by Gasteiger charge is 2.36. The molecule has 30 heavy (non-hydrogen) atoms. The van der Waals surface area contributed by atoms with Gasteiger partial charge in [0.15, 0.2) is 0 Å². The summed E-state index contributed by atoms with van der Waals surface area (Å²) in [5.74, 6) is 0.316. The normalized spacial score (nSPS) is 17.9. The zero-order chi connectivity index (χ0) is 22.1. The van der Waals surface area contributed by atoms with E-state index in [0.717, 1.165) is 10.5 Å². The molecular weight excluding hydrogens is 420 g/mol. The maximum atomic E-state index is 13.2. The molecule has 0 saturated heterocycles. The molecule has 162 valence electrons. The maximum absolute atomic E-state index is 13.2. The Morgan fingerprint density at radius 3 is 2.57 bits per heavy atom. The lowest BCUT2D eigenvalue weighted by molar-refractivity contribution is -0.118. The first kappa shape index (κ1) is 22.7. The molecule has 0 aromatic heterocycles. The Morgan fingerprint density at radius 1 is 1.20 bits per heavy atom. The van der Waals surface area contributed by atoms with Crippen molar-refractivity contribution in [1.29, 1.82) is 0 Å². The van der Waals surface area contributed by atoms with Crippen LogP contribution in [-0.4, -0.2) is 26.2 Å². The second-order valence-electron chi connectivity index (χ2n) is 8.28. The van der Waals surface area contributed by atoms with E-state index in [-0.39, 0.29) is 16.7 Å². The SMILES string of the molecule is CSc1ccc(S(=O)(=O)N[C@H]2CC(C)(C)Oc3ccccc32)cc1NC(=O)C(C)C. The zero-order valence-corrected chi connectivity index (χ0v) is 19.5. The van der Waals surface area contributed by atoms with Crippen LogP contribution in [0.4, 0.5) is 5.69 Å². The minimum absolute atomic E-state index is 0.112. The molecule has 2 N–H and O–H groups in total. The molecule has 1 amide bonds. The van der Waals surface area contributed by atoms with E-state index >= 15 is 0 Å². The number of anilines is 1. The van der Waals surface area contributed by atoms with Gasteiger partial charge in [-0.15, -0.1) is 11.8 Å². The highest BCUT2D eigenvalue weighted by atomic mass is 32.2. The fourth-order valence-electron chi connectivity index (χ4n) is 3.39. The van der Waals surface area contributed by atoms with E-state index in [2.05, 4.69) is 10.0 Å². The molecule has 0 bridgehead atoms. The van der Waals surface area contributed by atoms with Gasteiger partial charge in [-0.1, -0.05) is 32.0 Å². The summed E-state index contributed by atoms with van der Waals surface area (Å²) in [6.07, 6.45) is 2.39. The first-order chi connectivity index (χ1) is 14.0. The predicted molar refractivity (Wildman–Crippen MR) is 121 cm³/mol. The summed E-state index contributed by atoms with van der Waals surface area (Å²) in [6, 6.07) is 11.9. The average molecular weight is 449 g/mol. The summed E-state index contributed by atoms with van der Waals surface area (Å²) in [7, 11) is -3.82. The fraction of sp³-hybridized carbons (Fsp3) is 0.409. The van der Waals surface area contributed by atoms with Gasteiger partial charge in [-0.05, 0) is 44.4 Å². The topological polar surface area (TPSA) is 84.5 Å². The van der Waals surface area contributed by atoms with Crippen LogP contribution in [0.2, 0.25) is 0 Å². The second-order valence-corrected chi connectivity index (χ2v) is 10.8. The molecule has 0 saturated carbocycles. The molecule has 0 spiro atoms. The molecule has 1 aliphatic heterocycles. The van der Waals surface area contributed by atoms with Crippen molar-refractivity contribution < 1.29 is 17.9 Å². The van der Waals surface area contributed by atoms with E-state index < -0.39 is 21.7 Å². The number of carbonyl (C=O) groups excluding carboxylic acids is 1. The number of hydrogen-bond acceptors (Lipinski definition) is 5. The molecule has 8 heteroatoms. The molecule has 0 aliphatic carbocycles. The third-order valence-electron chi connectivity index (χ3n) is 4.94. The molecule has 2 aromatic rings. The molecule has 0 unspecified atom stereocenters. The first-order valence-corrected chi connectivity index (χ1v) is 12.5. The van der Waals surface area contributed by atoms with Crippen LogP contribution in [0, 0.1) is 5.92 Å². The molecule has 0 fully saturated rings. The molecular formula is C22H28N2O4S2. The standard InChI is InChI=1S/C22H28N2O4S2/c1-14(2)21(25)23-17-12-15(10-11-20(17)29-5)30(26,27)24-18-13-22(3,4)28-19-9-7-6-8-16(18)19/h6-12,14,18,24H,13H2,1-5H3,(H,23,25)/t18-/m0/s1. The number of carbonyl (C=O) groups is 1. The van der Waals surface area contributed by atoms with Crippen molar-refractivity contribution in [1.82, 2.24) is 4.72 Å². The van der Waals surface area contributed by atoms with Gasteiger partial charge in [0, 0.05) is 22.8 Å². The van der Waals surface area contributed by atoms with Crippen molar-refractivity contribution in [2.75, 3.05) is 11.6 Å². The van der Waals surface area contributed by atoms with Gasteiger partial charge in [0.25, 0.3) is 0 Å². The highest BCUT2D eigenvalue weighted by Crippen LogP contribution is 2.40. The van der Waals surface area contributed by atoms with Gasteiger partial charge >= 0.3 is 0 Å². The number of rotatable bonds is 6. The molecule has 0 radical (unpaired) electrons. The molecule has 6 nitrogen and oxygen atoms in total. The Labute approximate surface area is 182 Å². The number of ether oxygens (including phenoxy) is 1. The van der Waals surface area contributed by atoms with Crippen molar-refractivity contribution in [3.05, 3.63) is 48.0 Å². The Kier molecular flexibility index (Phi) is 6.50. The monoisotopic (exact) mass is 448 g/mol. The Balaban J connectivity index is 1.93. The largest absolute Gasteiger partial charge is 0.487 e. The third-order valence-corrected chi connectivity index (χ3v) is 7.20. The van der Waals surface area contributed by atoms with Gasteiger partial charge in [-0.3, -0.25) is 4.79 Å². The van der Waals surface area contributed by atoms with Crippen LogP contribution >= 0.6 is 11.8 Å². The van der Waals surface area contributed by atoms with Crippen LogP contribution in [0.1, 0.15) is 45.7 Å². The number of sulfonamides is 1. The maximum Gasteiger partial charge on any atom is 0.241 e. The minimum atomic E-state index is -3.82. The van der Waals surface area contributed by atoms with Gasteiger partial charge in [0.05, 0.1) is 16.6 Å². The van der Waals surface area contributed by atoms with E-state index in [4.69, 9.17) is 4.74 Å². The second kappa shape index (κ2) is 8.61.